The van der Waals surface area contributed by atoms with E-state index in [1.807, 2.05) is 0 Å². The fraction of sp³-hybridized carbons (Fsp3) is 0.600. The minimum atomic E-state index is -0.412. The van der Waals surface area contributed by atoms with Crippen molar-refractivity contribution in [2.24, 2.45) is 17.6 Å². The van der Waals surface area contributed by atoms with Crippen molar-refractivity contribution in [3.63, 3.8) is 0 Å². The maximum atomic E-state index is 10.8. The molecule has 1 aliphatic carbocycles. The number of nitrogens with zero attached hydrogens (tertiary/aromatic N) is 1. The Morgan fingerprint density at radius 1 is 1.38 bits per heavy atom. The predicted octanol–water partition coefficient (Wildman–Crippen LogP) is 2.49. The molecule has 1 aromatic carbocycles. The summed E-state index contributed by atoms with van der Waals surface area (Å²) in [5.41, 5.74) is 6.51. The van der Waals surface area contributed by atoms with Crippen LogP contribution in [0.3, 0.4) is 0 Å². The summed E-state index contributed by atoms with van der Waals surface area (Å²) < 4.78 is 11.0. The minimum Gasteiger partial charge on any atom is -0.496 e. The van der Waals surface area contributed by atoms with Crippen molar-refractivity contribution < 1.29 is 14.4 Å². The number of nitro groups is 1. The Morgan fingerprint density at radius 2 is 2.14 bits per heavy atom. The molecule has 116 valence electrons. The van der Waals surface area contributed by atoms with E-state index in [1.165, 1.54) is 25.0 Å². The van der Waals surface area contributed by atoms with E-state index >= 15 is 0 Å². The topological polar surface area (TPSA) is 87.6 Å². The summed E-state index contributed by atoms with van der Waals surface area (Å²) in [4.78, 5) is 10.4. The van der Waals surface area contributed by atoms with Gasteiger partial charge in [-0.2, -0.15) is 0 Å². The molecule has 0 bridgehead atoms. The second-order valence-electron chi connectivity index (χ2n) is 5.46. The van der Waals surface area contributed by atoms with Gasteiger partial charge < -0.3 is 15.2 Å². The van der Waals surface area contributed by atoms with Gasteiger partial charge in [-0.05, 0) is 37.3 Å². The van der Waals surface area contributed by atoms with Crippen molar-refractivity contribution in [3.05, 3.63) is 33.9 Å². The largest absolute Gasteiger partial charge is 0.496 e. The highest BCUT2D eigenvalue weighted by atomic mass is 16.6. The first-order valence-electron chi connectivity index (χ1n) is 7.24. The first kappa shape index (κ1) is 15.7. The summed E-state index contributed by atoms with van der Waals surface area (Å²) in [5, 5.41) is 10.8. The van der Waals surface area contributed by atoms with Crippen molar-refractivity contribution in [2.75, 3.05) is 20.3 Å². The van der Waals surface area contributed by atoms with Crippen molar-refractivity contribution in [1.82, 2.24) is 0 Å². The zero-order valence-electron chi connectivity index (χ0n) is 12.3. The number of non-ortho nitro benzene ring substituents is 1. The van der Waals surface area contributed by atoms with E-state index in [0.717, 1.165) is 6.42 Å². The Balaban J connectivity index is 1.95. The summed E-state index contributed by atoms with van der Waals surface area (Å²) in [5.74, 6) is 1.65. The number of nitrogens with two attached hydrogens (primary N) is 1. The van der Waals surface area contributed by atoms with E-state index in [0.29, 0.717) is 42.9 Å². The van der Waals surface area contributed by atoms with Crippen LogP contribution in [0.1, 0.15) is 24.8 Å². The summed E-state index contributed by atoms with van der Waals surface area (Å²) in [7, 11) is 1.55. The maximum Gasteiger partial charge on any atom is 0.270 e. The lowest BCUT2D eigenvalue weighted by Crippen LogP contribution is -2.22. The molecule has 1 fully saturated rings. The number of rotatable bonds is 7. The van der Waals surface area contributed by atoms with E-state index < -0.39 is 4.92 Å². The van der Waals surface area contributed by atoms with Crippen LogP contribution in [0.5, 0.6) is 5.75 Å². The van der Waals surface area contributed by atoms with Crippen molar-refractivity contribution in [2.45, 2.75) is 25.9 Å². The maximum absolute atomic E-state index is 10.8. The Morgan fingerprint density at radius 3 is 2.81 bits per heavy atom. The molecule has 0 aliphatic heterocycles. The lowest BCUT2D eigenvalue weighted by atomic mass is 9.97. The highest BCUT2D eigenvalue weighted by Crippen LogP contribution is 2.31. The van der Waals surface area contributed by atoms with Crippen molar-refractivity contribution >= 4 is 5.69 Å². The second-order valence-corrected chi connectivity index (χ2v) is 5.46. The van der Waals surface area contributed by atoms with E-state index in [9.17, 15) is 10.1 Å². The molecular weight excluding hydrogens is 272 g/mol. The molecule has 6 heteroatoms. The summed E-state index contributed by atoms with van der Waals surface area (Å²) in [6.45, 7) is 1.67. The number of hydrogen-bond acceptors (Lipinski definition) is 5. The molecule has 0 saturated heterocycles. The zero-order chi connectivity index (χ0) is 15.2. The van der Waals surface area contributed by atoms with E-state index in [-0.39, 0.29) is 5.69 Å². The molecule has 0 aromatic heterocycles. The molecule has 0 radical (unpaired) electrons. The Kier molecular flexibility index (Phi) is 5.52. The number of methoxy groups -OCH3 is 1. The molecular formula is C15H22N2O4. The zero-order valence-corrected chi connectivity index (χ0v) is 12.3. The summed E-state index contributed by atoms with van der Waals surface area (Å²) >= 11 is 0. The highest BCUT2D eigenvalue weighted by Gasteiger charge is 2.26. The Bertz CT molecular complexity index is 493. The van der Waals surface area contributed by atoms with Crippen LogP contribution in [0.15, 0.2) is 18.2 Å². The van der Waals surface area contributed by atoms with Gasteiger partial charge in [-0.25, -0.2) is 0 Å². The fourth-order valence-corrected chi connectivity index (χ4v) is 2.95. The molecule has 2 N–H and O–H groups in total. The third-order valence-corrected chi connectivity index (χ3v) is 4.18. The van der Waals surface area contributed by atoms with Crippen LogP contribution < -0.4 is 10.5 Å². The third kappa shape index (κ3) is 3.92. The average molecular weight is 294 g/mol. The number of benzene rings is 1. The van der Waals surface area contributed by atoms with Gasteiger partial charge in [0.1, 0.15) is 5.75 Å². The monoisotopic (exact) mass is 294 g/mol. The molecule has 2 atom stereocenters. The van der Waals surface area contributed by atoms with Gasteiger partial charge in [0.15, 0.2) is 0 Å². The molecule has 0 spiro atoms. The van der Waals surface area contributed by atoms with Crippen LogP contribution in [0.25, 0.3) is 0 Å². The van der Waals surface area contributed by atoms with E-state index in [4.69, 9.17) is 15.2 Å². The fourth-order valence-electron chi connectivity index (χ4n) is 2.95. The van der Waals surface area contributed by atoms with Gasteiger partial charge in [0, 0.05) is 17.7 Å². The van der Waals surface area contributed by atoms with Crippen LogP contribution in [0, 0.1) is 22.0 Å². The number of nitro benzene ring substituents is 1. The SMILES string of the molecule is COc1ccc([N+](=O)[O-])cc1COCC1CCCC1CN. The molecule has 2 unspecified atom stereocenters. The quantitative estimate of drug-likeness (QED) is 0.616. The standard InChI is InChI=1S/C15H22N2O4/c1-20-15-6-5-14(17(18)19)7-13(15)10-21-9-12-4-2-3-11(12)8-16/h5-7,11-12H,2-4,8-10,16H2,1H3. The molecule has 6 nitrogen and oxygen atoms in total. The molecule has 0 heterocycles. The molecule has 0 amide bonds. The van der Waals surface area contributed by atoms with E-state index in [2.05, 4.69) is 0 Å². The van der Waals surface area contributed by atoms with Crippen molar-refractivity contribution in [3.8, 4) is 5.75 Å². The van der Waals surface area contributed by atoms with Gasteiger partial charge >= 0.3 is 0 Å². The van der Waals surface area contributed by atoms with Crippen LogP contribution in [0.2, 0.25) is 0 Å². The first-order chi connectivity index (χ1) is 10.2. The lowest BCUT2D eigenvalue weighted by Gasteiger charge is -2.18. The number of ether oxygens (including phenoxy) is 2. The lowest BCUT2D eigenvalue weighted by molar-refractivity contribution is -0.385. The van der Waals surface area contributed by atoms with Gasteiger partial charge in [0.2, 0.25) is 0 Å². The Hall–Kier alpha value is -1.66. The van der Waals surface area contributed by atoms with Crippen LogP contribution in [-0.2, 0) is 11.3 Å². The van der Waals surface area contributed by atoms with Crippen LogP contribution in [0.4, 0.5) is 5.69 Å². The molecule has 21 heavy (non-hydrogen) atoms. The second kappa shape index (κ2) is 7.38. The first-order valence-corrected chi connectivity index (χ1v) is 7.24. The third-order valence-electron chi connectivity index (χ3n) is 4.18. The predicted molar refractivity (Wildman–Crippen MR) is 79.2 cm³/mol. The Labute approximate surface area is 124 Å². The molecule has 2 rings (SSSR count). The smallest absolute Gasteiger partial charge is 0.270 e. The van der Waals surface area contributed by atoms with Gasteiger partial charge in [0.05, 0.1) is 25.2 Å². The van der Waals surface area contributed by atoms with Gasteiger partial charge in [0.25, 0.3) is 5.69 Å². The van der Waals surface area contributed by atoms with Gasteiger partial charge in [-0.1, -0.05) is 6.42 Å². The molecule has 1 aliphatic rings. The summed E-state index contributed by atoms with van der Waals surface area (Å²) in [6.07, 6.45) is 3.52. The van der Waals surface area contributed by atoms with Gasteiger partial charge in [-0.3, -0.25) is 10.1 Å². The van der Waals surface area contributed by atoms with Crippen LogP contribution in [-0.4, -0.2) is 25.2 Å². The van der Waals surface area contributed by atoms with Crippen molar-refractivity contribution in [1.29, 1.82) is 0 Å². The molecule has 1 aromatic rings. The summed E-state index contributed by atoms with van der Waals surface area (Å²) in [6, 6.07) is 4.55. The average Bonchev–Trinajstić information content (AvgIpc) is 2.94. The van der Waals surface area contributed by atoms with Crippen LogP contribution >= 0.6 is 0 Å². The normalized spacial score (nSPS) is 21.4. The number of hydrogen-bond donors (Lipinski definition) is 1. The van der Waals surface area contributed by atoms with Gasteiger partial charge in [-0.15, -0.1) is 0 Å². The minimum absolute atomic E-state index is 0.0510. The highest BCUT2D eigenvalue weighted by molar-refractivity contribution is 5.43. The molecule has 1 saturated carbocycles. The van der Waals surface area contributed by atoms with E-state index in [1.54, 1.807) is 13.2 Å².